The van der Waals surface area contributed by atoms with Gasteiger partial charge in [0.1, 0.15) is 17.4 Å². The topological polar surface area (TPSA) is 37.3 Å². The average Bonchev–Trinajstić information content (AvgIpc) is 2.26. The molecule has 0 radical (unpaired) electrons. The fourth-order valence-corrected chi connectivity index (χ4v) is 1.24. The van der Waals surface area contributed by atoms with Crippen molar-refractivity contribution in [3.8, 4) is 0 Å². The van der Waals surface area contributed by atoms with E-state index in [0.29, 0.717) is 0 Å². The van der Waals surface area contributed by atoms with E-state index >= 15 is 0 Å². The van der Waals surface area contributed by atoms with Gasteiger partial charge in [-0.2, -0.15) is 13.2 Å². The summed E-state index contributed by atoms with van der Waals surface area (Å²) in [6.45, 7) is 0. The van der Waals surface area contributed by atoms with Crippen LogP contribution in [0.1, 0.15) is 11.1 Å². The minimum atomic E-state index is -5.18. The zero-order chi connectivity index (χ0) is 15.7. The molecule has 0 spiro atoms. The van der Waals surface area contributed by atoms with E-state index in [2.05, 4.69) is 0 Å². The van der Waals surface area contributed by atoms with Crippen molar-refractivity contribution in [2.75, 3.05) is 0 Å². The van der Waals surface area contributed by atoms with Crippen molar-refractivity contribution < 1.29 is 40.6 Å². The number of aliphatic hydroxyl groups is 1. The Bertz CT molecular complexity index is 561. The first-order valence-corrected chi connectivity index (χ1v) is 4.83. The van der Waals surface area contributed by atoms with Crippen molar-refractivity contribution >= 4 is 11.5 Å². The summed E-state index contributed by atoms with van der Waals surface area (Å²) in [7, 11) is 0. The van der Waals surface area contributed by atoms with Gasteiger partial charge < -0.3 is 5.11 Å². The number of carbonyl (C=O) groups is 1. The Morgan fingerprint density at radius 3 is 2.15 bits per heavy atom. The van der Waals surface area contributed by atoms with E-state index in [1.54, 1.807) is 0 Å². The third kappa shape index (κ3) is 3.49. The molecule has 1 rings (SSSR count). The number of carbonyl (C=O) groups excluding carboxylic acids is 1. The Kier molecular flexibility index (Phi) is 4.41. The monoisotopic (exact) mass is 302 g/mol. The molecule has 110 valence electrons. The van der Waals surface area contributed by atoms with Crippen LogP contribution in [0, 0.1) is 11.6 Å². The van der Waals surface area contributed by atoms with Crippen molar-refractivity contribution in [3.63, 3.8) is 0 Å². The van der Waals surface area contributed by atoms with Gasteiger partial charge in [0.25, 0.3) is 6.43 Å². The molecule has 2 nitrogen and oxygen atoms in total. The Morgan fingerprint density at radius 2 is 1.70 bits per heavy atom. The van der Waals surface area contributed by atoms with Gasteiger partial charge in [-0.1, -0.05) is 0 Å². The molecule has 0 aliphatic carbocycles. The number of rotatable bonds is 3. The van der Waals surface area contributed by atoms with E-state index in [4.69, 9.17) is 0 Å². The van der Waals surface area contributed by atoms with Crippen molar-refractivity contribution in [2.24, 2.45) is 0 Å². The minimum absolute atomic E-state index is 0.116. The fraction of sp³-hybridized carbons (Fsp3) is 0.182. The lowest BCUT2D eigenvalue weighted by Crippen LogP contribution is -2.11. The third-order valence-corrected chi connectivity index (χ3v) is 2.13. The molecule has 0 amide bonds. The third-order valence-electron chi connectivity index (χ3n) is 2.13. The summed E-state index contributed by atoms with van der Waals surface area (Å²) in [5.74, 6) is -6.96. The quantitative estimate of drug-likeness (QED) is 0.525. The Labute approximate surface area is 107 Å². The lowest BCUT2D eigenvalue weighted by molar-refractivity contribution is -0.140. The zero-order valence-corrected chi connectivity index (χ0v) is 9.31. The molecule has 1 aromatic rings. The normalized spacial score (nSPS) is 12.9. The molecule has 0 bridgehead atoms. The number of allylic oxidation sites excluding steroid dienone is 1. The Morgan fingerprint density at radius 1 is 1.15 bits per heavy atom. The lowest BCUT2D eigenvalue weighted by Gasteiger charge is -2.10. The van der Waals surface area contributed by atoms with Crippen molar-refractivity contribution in [3.05, 3.63) is 41.0 Å². The first kappa shape index (κ1) is 16.0. The number of ketones is 1. The predicted molar refractivity (Wildman–Crippen MR) is 53.0 cm³/mol. The smallest absolute Gasteiger partial charge is 0.419 e. The van der Waals surface area contributed by atoms with E-state index in [1.807, 2.05) is 0 Å². The molecular weight excluding hydrogens is 297 g/mol. The van der Waals surface area contributed by atoms with E-state index in [-0.39, 0.29) is 18.2 Å². The van der Waals surface area contributed by atoms with Gasteiger partial charge in [0.05, 0.1) is 11.1 Å². The van der Waals surface area contributed by atoms with Crippen LogP contribution in [0.25, 0.3) is 5.76 Å². The minimum Gasteiger partial charge on any atom is -0.507 e. The van der Waals surface area contributed by atoms with Crippen LogP contribution in [0.15, 0.2) is 18.2 Å². The van der Waals surface area contributed by atoms with Crippen LogP contribution in [0.2, 0.25) is 0 Å². The molecule has 0 aromatic heterocycles. The van der Waals surface area contributed by atoms with Gasteiger partial charge >= 0.3 is 6.18 Å². The van der Waals surface area contributed by atoms with Gasteiger partial charge in [0, 0.05) is 12.1 Å². The lowest BCUT2D eigenvalue weighted by atomic mass is 10.1. The van der Waals surface area contributed by atoms with Crippen molar-refractivity contribution in [2.45, 2.75) is 12.6 Å². The molecule has 1 aromatic carbocycles. The second-order valence-corrected chi connectivity index (χ2v) is 3.54. The molecule has 0 saturated heterocycles. The predicted octanol–water partition coefficient (Wildman–Crippen LogP) is 3.72. The highest BCUT2D eigenvalue weighted by Crippen LogP contribution is 2.34. The van der Waals surface area contributed by atoms with Crippen LogP contribution >= 0.6 is 0 Å². The largest absolute Gasteiger partial charge is 0.507 e. The summed E-state index contributed by atoms with van der Waals surface area (Å²) in [5, 5.41) is 9.18. The summed E-state index contributed by atoms with van der Waals surface area (Å²) in [6.07, 6.45) is -8.84. The van der Waals surface area contributed by atoms with Crippen LogP contribution in [0.4, 0.5) is 30.7 Å². The van der Waals surface area contributed by atoms with Gasteiger partial charge in [-0.25, -0.2) is 17.6 Å². The second-order valence-electron chi connectivity index (χ2n) is 3.54. The first-order valence-electron chi connectivity index (χ1n) is 4.83. The maximum Gasteiger partial charge on any atom is 0.419 e. The van der Waals surface area contributed by atoms with Gasteiger partial charge in [-0.05, 0) is 6.07 Å². The maximum absolute atomic E-state index is 13.2. The van der Waals surface area contributed by atoms with Crippen molar-refractivity contribution in [1.82, 2.24) is 0 Å². The van der Waals surface area contributed by atoms with E-state index < -0.39 is 46.9 Å². The number of benzene rings is 1. The van der Waals surface area contributed by atoms with Crippen LogP contribution < -0.4 is 0 Å². The van der Waals surface area contributed by atoms with Gasteiger partial charge in [0.2, 0.25) is 5.78 Å². The summed E-state index contributed by atoms with van der Waals surface area (Å²) in [5.41, 5.74) is -3.12. The molecule has 20 heavy (non-hydrogen) atoms. The molecule has 0 fully saturated rings. The first-order chi connectivity index (χ1) is 9.04. The number of hydrogen-bond acceptors (Lipinski definition) is 2. The number of alkyl halides is 5. The second kappa shape index (κ2) is 5.51. The van der Waals surface area contributed by atoms with Gasteiger partial charge in [0.15, 0.2) is 0 Å². The van der Waals surface area contributed by atoms with E-state index in [9.17, 15) is 40.6 Å². The molecule has 0 saturated carbocycles. The number of hydrogen-bond donors (Lipinski definition) is 1. The Hall–Kier alpha value is -2.06. The molecule has 0 atom stereocenters. The number of aliphatic hydroxyl groups excluding tert-OH is 1. The van der Waals surface area contributed by atoms with Crippen LogP contribution in [-0.4, -0.2) is 17.3 Å². The summed E-state index contributed by atoms with van der Waals surface area (Å²) in [6, 6.07) is -0.287. The highest BCUT2D eigenvalue weighted by Gasteiger charge is 2.35. The molecule has 0 unspecified atom stereocenters. The molecule has 0 aliphatic heterocycles. The summed E-state index contributed by atoms with van der Waals surface area (Å²) >= 11 is 0. The molecular formula is C11H5F7O2. The fourth-order valence-electron chi connectivity index (χ4n) is 1.24. The molecule has 0 aliphatic rings. The van der Waals surface area contributed by atoms with Gasteiger partial charge in [-0.3, -0.25) is 4.79 Å². The zero-order valence-electron chi connectivity index (χ0n) is 9.31. The highest BCUT2D eigenvalue weighted by molar-refractivity contribution is 5.97. The van der Waals surface area contributed by atoms with Crippen LogP contribution in [0.3, 0.4) is 0 Å². The summed E-state index contributed by atoms with van der Waals surface area (Å²) < 4.78 is 87.0. The average molecular weight is 302 g/mol. The standard InChI is InChI=1S/C11H5F7O2/c12-6-2-7(13)5(11(16,17)18)1-4(6)8(19)3-9(20)10(14)15/h1-3,10,19H/b8-3-. The molecule has 9 heteroatoms. The van der Waals surface area contributed by atoms with Crippen molar-refractivity contribution in [1.29, 1.82) is 0 Å². The number of halogens is 7. The molecule has 0 heterocycles. The van der Waals surface area contributed by atoms with Gasteiger partial charge in [-0.15, -0.1) is 0 Å². The maximum atomic E-state index is 13.2. The highest BCUT2D eigenvalue weighted by atomic mass is 19.4. The van der Waals surface area contributed by atoms with E-state index in [1.165, 1.54) is 0 Å². The van der Waals surface area contributed by atoms with Crippen LogP contribution in [-0.2, 0) is 11.0 Å². The SMILES string of the molecule is O=C(/C=C(\O)c1cc(C(F)(F)F)c(F)cc1F)C(F)F. The van der Waals surface area contributed by atoms with Crippen LogP contribution in [0.5, 0.6) is 0 Å². The summed E-state index contributed by atoms with van der Waals surface area (Å²) in [4.78, 5) is 10.6. The van der Waals surface area contributed by atoms with E-state index in [0.717, 1.165) is 0 Å². The molecule has 1 N–H and O–H groups in total. The Balaban J connectivity index is 3.36.